The molecule has 14 rings (SSSR count). The molecule has 5 heteroatoms. The van der Waals surface area contributed by atoms with Crippen LogP contribution in [0.5, 0.6) is 0 Å². The maximum atomic E-state index is 10.2. The van der Waals surface area contributed by atoms with Crippen LogP contribution < -0.4 is 0 Å². The Morgan fingerprint density at radius 2 is 0.940 bits per heavy atom. The van der Waals surface area contributed by atoms with Crippen LogP contribution in [0.15, 0.2) is 301 Å². The predicted octanol–water partition coefficient (Wildman–Crippen LogP) is 20.2. The first-order chi connectivity index (χ1) is 41.2. The molecule has 0 fully saturated rings. The van der Waals surface area contributed by atoms with Crippen LogP contribution in [0, 0.1) is 5.41 Å². The maximum absolute atomic E-state index is 10.2. The Bertz CT molecular complexity index is 4630. The fraction of sp³-hybridized carbons (Fsp3) is 0.0759. The van der Waals surface area contributed by atoms with Gasteiger partial charge in [0.05, 0.1) is 27.8 Å². The number of amidine groups is 2. The van der Waals surface area contributed by atoms with Gasteiger partial charge in [0.1, 0.15) is 0 Å². The van der Waals surface area contributed by atoms with Gasteiger partial charge in [0, 0.05) is 61.6 Å². The van der Waals surface area contributed by atoms with Gasteiger partial charge in [0.15, 0.2) is 11.7 Å². The third-order valence-corrected chi connectivity index (χ3v) is 16.6. The summed E-state index contributed by atoms with van der Waals surface area (Å²) in [6, 6.07) is 97.2. The van der Waals surface area contributed by atoms with Gasteiger partial charge in [0.2, 0.25) is 0 Å². The largest absolute Gasteiger partial charge is 0.309 e. The van der Waals surface area contributed by atoms with E-state index in [9.17, 15) is 5.41 Å². The zero-order valence-corrected chi connectivity index (χ0v) is 47.3. The smallest absolute Gasteiger partial charge is 0.161 e. The second-order valence-electron chi connectivity index (χ2n) is 22.9. The standard InChI is InChI=1S/C79H61N5/c1-79(2,3)64-41-43-74-70(50-64)71-51-65(83-72-35-21-19-33-66(72)67-34-20-22-36-73(67)83)42-44-75(71)84(74)76-68(58-29-15-7-16-30-58)48-63(49-69(76)59-31-17-8-18-32-59)77(80)82-78(60-39-37-57(38-40-60)54-23-9-4-10-24-54)81-52-53-45-61(55-25-11-5-12-26-55)47-62(46-53)56-27-13-6-14-28-56/h4-46,48-52,61,80H,47H2,1-3H3. The molecule has 13 aromatic rings. The number of benzene rings is 11. The Labute approximate surface area is 490 Å². The molecule has 1 atom stereocenters. The van der Waals surface area contributed by atoms with Crippen LogP contribution in [0.25, 0.3) is 93.9 Å². The molecule has 1 aliphatic rings. The van der Waals surface area contributed by atoms with E-state index >= 15 is 0 Å². The van der Waals surface area contributed by atoms with E-state index < -0.39 is 0 Å². The Kier molecular flexibility index (Phi) is 13.4. The summed E-state index contributed by atoms with van der Waals surface area (Å²) in [5, 5.41) is 15.0. The Morgan fingerprint density at radius 1 is 0.452 bits per heavy atom. The van der Waals surface area contributed by atoms with Crippen molar-refractivity contribution in [3.05, 3.63) is 319 Å². The lowest BCUT2D eigenvalue weighted by atomic mass is 9.83. The fourth-order valence-electron chi connectivity index (χ4n) is 12.3. The number of nitrogens with one attached hydrogen (secondary N) is 1. The molecule has 0 bridgehead atoms. The average Bonchev–Trinajstić information content (AvgIpc) is 2.36. The van der Waals surface area contributed by atoms with E-state index in [1.807, 2.05) is 12.3 Å². The van der Waals surface area contributed by atoms with Gasteiger partial charge in [-0.1, -0.05) is 245 Å². The number of allylic oxidation sites excluding steroid dienone is 4. The summed E-state index contributed by atoms with van der Waals surface area (Å²) in [7, 11) is 0. The fourth-order valence-corrected chi connectivity index (χ4v) is 12.3. The minimum Gasteiger partial charge on any atom is -0.309 e. The molecule has 0 saturated carbocycles. The Balaban J connectivity index is 0.972. The zero-order valence-electron chi connectivity index (χ0n) is 47.3. The average molecular weight is 1080 g/mol. The van der Waals surface area contributed by atoms with Gasteiger partial charge in [0.25, 0.3) is 0 Å². The SMILES string of the molecule is CC(C)(C)c1ccc2c(c1)c1cc(-n3c4ccccc4c4ccccc43)ccc1n2-c1c(-c2ccccc2)cc(C(=N)N=C(N=CC2=CC(c3ccccc3)CC(c3ccccc3)=C2)c2ccc(-c3ccccc3)cc2)cc1-c1ccccc1. The highest BCUT2D eigenvalue weighted by Gasteiger charge is 2.26. The number of hydrogen-bond acceptors (Lipinski definition) is 1. The highest BCUT2D eigenvalue weighted by Crippen LogP contribution is 2.45. The minimum atomic E-state index is -0.0907. The quantitative estimate of drug-likeness (QED) is 0.105. The molecular weight excluding hydrogens is 1020 g/mol. The normalized spacial score (nSPS) is 13.9. The number of rotatable bonds is 10. The topological polar surface area (TPSA) is 58.4 Å². The van der Waals surface area contributed by atoms with Gasteiger partial charge in [-0.3, -0.25) is 5.41 Å². The first kappa shape index (κ1) is 51.6. The monoisotopic (exact) mass is 1080 g/mol. The zero-order chi connectivity index (χ0) is 56.7. The number of hydrogen-bond donors (Lipinski definition) is 1. The van der Waals surface area contributed by atoms with E-state index in [0.717, 1.165) is 78.7 Å². The van der Waals surface area contributed by atoms with E-state index in [4.69, 9.17) is 9.98 Å². The van der Waals surface area contributed by atoms with E-state index in [1.54, 1.807) is 0 Å². The molecule has 11 aromatic carbocycles. The highest BCUT2D eigenvalue weighted by atomic mass is 15.0. The number of aliphatic imine (C=N–C) groups is 2. The first-order valence-corrected chi connectivity index (χ1v) is 29.0. The molecule has 402 valence electrons. The van der Waals surface area contributed by atoms with Crippen molar-refractivity contribution >= 4 is 67.1 Å². The summed E-state index contributed by atoms with van der Waals surface area (Å²) < 4.78 is 4.88. The van der Waals surface area contributed by atoms with Crippen LogP contribution in [0.3, 0.4) is 0 Å². The number of fused-ring (bicyclic) bond motifs is 6. The van der Waals surface area contributed by atoms with E-state index in [-0.39, 0.29) is 17.2 Å². The molecule has 0 radical (unpaired) electrons. The molecule has 2 aromatic heterocycles. The third kappa shape index (κ3) is 9.80. The summed E-state index contributed by atoms with van der Waals surface area (Å²) in [4.78, 5) is 10.6. The van der Waals surface area contributed by atoms with Crippen molar-refractivity contribution < 1.29 is 0 Å². The van der Waals surface area contributed by atoms with Gasteiger partial charge < -0.3 is 9.13 Å². The van der Waals surface area contributed by atoms with Crippen molar-refractivity contribution in [1.82, 2.24) is 9.13 Å². The lowest BCUT2D eigenvalue weighted by molar-refractivity contribution is 0.591. The lowest BCUT2D eigenvalue weighted by Crippen LogP contribution is -2.10. The van der Waals surface area contributed by atoms with Crippen LogP contribution in [0.1, 0.15) is 60.9 Å². The molecule has 1 aliphatic carbocycles. The molecular formula is C79H61N5. The predicted molar refractivity (Wildman–Crippen MR) is 355 cm³/mol. The van der Waals surface area contributed by atoms with Crippen LogP contribution in [-0.4, -0.2) is 27.0 Å². The van der Waals surface area contributed by atoms with Crippen molar-refractivity contribution in [2.45, 2.75) is 38.5 Å². The Morgan fingerprint density at radius 3 is 1.52 bits per heavy atom. The molecule has 1 N–H and O–H groups in total. The van der Waals surface area contributed by atoms with Crippen LogP contribution in [0.4, 0.5) is 0 Å². The molecule has 2 heterocycles. The van der Waals surface area contributed by atoms with Crippen molar-refractivity contribution in [2.75, 3.05) is 0 Å². The number of nitrogens with zero attached hydrogens (tertiary/aromatic N) is 4. The van der Waals surface area contributed by atoms with E-state index in [1.165, 1.54) is 49.5 Å². The number of para-hydroxylation sites is 2. The molecule has 0 saturated heterocycles. The van der Waals surface area contributed by atoms with Crippen LogP contribution in [0.2, 0.25) is 0 Å². The minimum absolute atomic E-state index is 0.0907. The molecule has 1 unspecified atom stereocenters. The van der Waals surface area contributed by atoms with E-state index in [2.05, 4.69) is 309 Å². The third-order valence-electron chi connectivity index (χ3n) is 16.6. The maximum Gasteiger partial charge on any atom is 0.161 e. The summed E-state index contributed by atoms with van der Waals surface area (Å²) >= 11 is 0. The molecule has 84 heavy (non-hydrogen) atoms. The van der Waals surface area contributed by atoms with Gasteiger partial charge in [-0.2, -0.15) is 0 Å². The molecule has 0 spiro atoms. The van der Waals surface area contributed by atoms with Crippen LogP contribution in [-0.2, 0) is 5.41 Å². The summed E-state index contributed by atoms with van der Waals surface area (Å²) in [6.07, 6.45) is 7.37. The van der Waals surface area contributed by atoms with E-state index in [0.29, 0.717) is 11.4 Å². The van der Waals surface area contributed by atoms with Crippen LogP contribution >= 0.6 is 0 Å². The van der Waals surface area contributed by atoms with Crippen molar-refractivity contribution in [1.29, 1.82) is 5.41 Å². The number of aromatic nitrogens is 2. The van der Waals surface area contributed by atoms with Gasteiger partial charge in [-0.15, -0.1) is 0 Å². The second kappa shape index (κ2) is 21.8. The first-order valence-electron chi connectivity index (χ1n) is 29.0. The summed E-state index contributed by atoms with van der Waals surface area (Å²) in [6.45, 7) is 6.87. The molecule has 5 nitrogen and oxygen atoms in total. The lowest BCUT2D eigenvalue weighted by Gasteiger charge is -2.22. The molecule has 0 aliphatic heterocycles. The Hall–Kier alpha value is -10.5. The van der Waals surface area contributed by atoms with Crippen molar-refractivity contribution in [2.24, 2.45) is 9.98 Å². The van der Waals surface area contributed by atoms with Gasteiger partial charge in [-0.05, 0) is 123 Å². The summed E-state index contributed by atoms with van der Waals surface area (Å²) in [5.74, 6) is 0.697. The molecule has 0 amide bonds. The van der Waals surface area contributed by atoms with Crippen molar-refractivity contribution in [3.8, 4) is 44.8 Å². The van der Waals surface area contributed by atoms with Crippen molar-refractivity contribution in [3.63, 3.8) is 0 Å². The summed E-state index contributed by atoms with van der Waals surface area (Å²) in [5.41, 5.74) is 20.2. The highest BCUT2D eigenvalue weighted by molar-refractivity contribution is 6.16. The second-order valence-corrected chi connectivity index (χ2v) is 22.9. The van der Waals surface area contributed by atoms with Gasteiger partial charge in [-0.25, -0.2) is 9.98 Å². The van der Waals surface area contributed by atoms with Gasteiger partial charge >= 0.3 is 0 Å².